The molecule has 27 heavy (non-hydrogen) atoms. The predicted molar refractivity (Wildman–Crippen MR) is 105 cm³/mol. The Balaban J connectivity index is 1.51. The minimum absolute atomic E-state index is 0.350. The van der Waals surface area contributed by atoms with Crippen LogP contribution in [0, 0.1) is 12.8 Å². The molecule has 4 rings (SSSR count). The smallest absolute Gasteiger partial charge is 0.155 e. The van der Waals surface area contributed by atoms with E-state index in [2.05, 4.69) is 45.4 Å². The minimum atomic E-state index is 0.350. The van der Waals surface area contributed by atoms with Gasteiger partial charge in [-0.25, -0.2) is 4.68 Å². The van der Waals surface area contributed by atoms with Gasteiger partial charge in [-0.2, -0.15) is 10.2 Å². The van der Waals surface area contributed by atoms with Crippen molar-refractivity contribution < 1.29 is 0 Å². The van der Waals surface area contributed by atoms with Gasteiger partial charge in [-0.05, 0) is 44.7 Å². The molecule has 1 aliphatic carbocycles. The van der Waals surface area contributed by atoms with E-state index in [0.717, 1.165) is 48.0 Å². The van der Waals surface area contributed by atoms with Gasteiger partial charge >= 0.3 is 0 Å². The Morgan fingerprint density at radius 1 is 1.33 bits per heavy atom. The van der Waals surface area contributed by atoms with Crippen LogP contribution in [0.15, 0.2) is 34.3 Å². The van der Waals surface area contributed by atoms with Crippen LogP contribution in [0.2, 0.25) is 0 Å². The van der Waals surface area contributed by atoms with Gasteiger partial charge in [0, 0.05) is 43.7 Å². The molecule has 2 aliphatic rings. The van der Waals surface area contributed by atoms with Gasteiger partial charge in [-0.3, -0.25) is 9.67 Å². The molecule has 2 aromatic rings. The highest BCUT2D eigenvalue weighted by Crippen LogP contribution is 2.50. The summed E-state index contributed by atoms with van der Waals surface area (Å²) in [7, 11) is 1.78. The van der Waals surface area contributed by atoms with E-state index in [4.69, 9.17) is 5.73 Å². The molecule has 0 amide bonds. The van der Waals surface area contributed by atoms with Crippen LogP contribution >= 0.6 is 0 Å². The highest BCUT2D eigenvalue weighted by molar-refractivity contribution is 6.46. The molecule has 8 heteroatoms. The van der Waals surface area contributed by atoms with E-state index in [0.29, 0.717) is 17.9 Å². The standard InChI is InChI=1S/C19H26N8/c1-11(2)26-10-13(9-22-26)14-7-15(14)16(20)8-18(21-4)17-5-6-19-24-23-12(3)27(19)25-17/h8-11,14-15H,5-7,20H2,1-4H3/b16-8-,21-18?. The number of aromatic nitrogens is 5. The number of aliphatic imine (C=N–C) groups is 1. The number of allylic oxidation sites excluding steroid dienone is 2. The van der Waals surface area contributed by atoms with Crippen molar-refractivity contribution in [3.05, 3.63) is 41.4 Å². The third-order valence-electron chi connectivity index (χ3n) is 5.30. The monoisotopic (exact) mass is 366 g/mol. The van der Waals surface area contributed by atoms with E-state index in [1.165, 1.54) is 5.56 Å². The van der Waals surface area contributed by atoms with Crippen molar-refractivity contribution in [2.45, 2.75) is 52.0 Å². The van der Waals surface area contributed by atoms with Crippen LogP contribution in [0.1, 0.15) is 55.9 Å². The average Bonchev–Trinajstić information content (AvgIpc) is 3.15. The Kier molecular flexibility index (Phi) is 4.41. The normalized spacial score (nSPS) is 22.8. The first kappa shape index (κ1) is 17.6. The van der Waals surface area contributed by atoms with Crippen molar-refractivity contribution in [1.82, 2.24) is 24.7 Å². The molecule has 0 saturated heterocycles. The summed E-state index contributed by atoms with van der Waals surface area (Å²) >= 11 is 0. The molecule has 1 saturated carbocycles. The zero-order valence-corrected chi connectivity index (χ0v) is 16.3. The maximum Gasteiger partial charge on any atom is 0.155 e. The number of fused-ring (bicyclic) bond motifs is 1. The maximum atomic E-state index is 6.43. The highest BCUT2D eigenvalue weighted by Gasteiger charge is 2.41. The molecule has 1 fully saturated rings. The number of nitrogens with zero attached hydrogens (tertiary/aromatic N) is 7. The van der Waals surface area contributed by atoms with Gasteiger partial charge in [0.2, 0.25) is 0 Å². The van der Waals surface area contributed by atoms with E-state index in [-0.39, 0.29) is 0 Å². The summed E-state index contributed by atoms with van der Waals surface area (Å²) < 4.78 is 3.80. The van der Waals surface area contributed by atoms with Gasteiger partial charge in [0.25, 0.3) is 0 Å². The van der Waals surface area contributed by atoms with Gasteiger partial charge in [0.1, 0.15) is 0 Å². The van der Waals surface area contributed by atoms with Gasteiger partial charge in [0.05, 0.1) is 17.6 Å². The first-order chi connectivity index (χ1) is 13.0. The molecule has 0 radical (unpaired) electrons. The molecule has 3 heterocycles. The molecule has 8 nitrogen and oxygen atoms in total. The van der Waals surface area contributed by atoms with Crippen LogP contribution in [0.25, 0.3) is 0 Å². The van der Waals surface area contributed by atoms with Crippen molar-refractivity contribution >= 4 is 11.4 Å². The Hall–Kier alpha value is -2.77. The number of rotatable bonds is 5. The lowest BCUT2D eigenvalue weighted by atomic mass is 10.1. The third kappa shape index (κ3) is 3.31. The van der Waals surface area contributed by atoms with E-state index in [1.54, 1.807) is 11.7 Å². The van der Waals surface area contributed by atoms with Crippen molar-refractivity contribution in [3.63, 3.8) is 0 Å². The number of nitrogens with two attached hydrogens (primary N) is 1. The third-order valence-corrected chi connectivity index (χ3v) is 5.30. The summed E-state index contributed by atoms with van der Waals surface area (Å²) in [4.78, 5) is 4.43. The molecular weight excluding hydrogens is 340 g/mol. The lowest BCUT2D eigenvalue weighted by molar-refractivity contribution is 0.532. The zero-order chi connectivity index (χ0) is 19.1. The quantitative estimate of drug-likeness (QED) is 0.820. The SMILES string of the molecule is CN=C(/C=C(\N)C1CC1c1cnn(C(C)C)c1)C1=Nn2c(C)nnc2CC1. The lowest BCUT2D eigenvalue weighted by Gasteiger charge is -2.14. The molecule has 142 valence electrons. The summed E-state index contributed by atoms with van der Waals surface area (Å²) in [5.41, 5.74) is 10.3. The van der Waals surface area contributed by atoms with E-state index in [9.17, 15) is 0 Å². The van der Waals surface area contributed by atoms with Crippen molar-refractivity contribution in [2.24, 2.45) is 21.7 Å². The Morgan fingerprint density at radius 3 is 2.85 bits per heavy atom. The topological polar surface area (TPSA) is 99.3 Å². The predicted octanol–water partition coefficient (Wildman–Crippen LogP) is 2.23. The fourth-order valence-electron chi connectivity index (χ4n) is 3.57. The van der Waals surface area contributed by atoms with Crippen LogP contribution in [0.5, 0.6) is 0 Å². The molecule has 2 atom stereocenters. The molecule has 2 aromatic heterocycles. The summed E-state index contributed by atoms with van der Waals surface area (Å²) in [6.45, 7) is 6.17. The zero-order valence-electron chi connectivity index (χ0n) is 16.3. The minimum Gasteiger partial charge on any atom is -0.402 e. The largest absolute Gasteiger partial charge is 0.402 e. The second-order valence-corrected chi connectivity index (χ2v) is 7.57. The summed E-state index contributed by atoms with van der Waals surface area (Å²) in [5, 5.41) is 17.4. The van der Waals surface area contributed by atoms with Gasteiger partial charge in [0.15, 0.2) is 11.6 Å². The number of aryl methyl sites for hydroxylation is 2. The number of hydrogen-bond acceptors (Lipinski definition) is 6. The molecule has 2 unspecified atom stereocenters. The van der Waals surface area contributed by atoms with Crippen LogP contribution in [-0.4, -0.2) is 43.1 Å². The summed E-state index contributed by atoms with van der Waals surface area (Å²) in [6, 6.07) is 0.373. The van der Waals surface area contributed by atoms with Gasteiger partial charge in [-0.1, -0.05) is 0 Å². The van der Waals surface area contributed by atoms with Crippen LogP contribution < -0.4 is 5.73 Å². The molecule has 0 spiro atoms. The first-order valence-electron chi connectivity index (χ1n) is 9.45. The fourth-order valence-corrected chi connectivity index (χ4v) is 3.57. The Bertz CT molecular complexity index is 943. The molecule has 1 aliphatic heterocycles. The van der Waals surface area contributed by atoms with Crippen molar-refractivity contribution in [3.8, 4) is 0 Å². The van der Waals surface area contributed by atoms with Gasteiger partial charge in [-0.15, -0.1) is 10.2 Å². The summed E-state index contributed by atoms with van der Waals surface area (Å²) in [6.07, 6.45) is 8.76. The molecular formula is C19H26N8. The van der Waals surface area contributed by atoms with E-state index < -0.39 is 0 Å². The highest BCUT2D eigenvalue weighted by atomic mass is 15.5. The fraction of sp³-hybridized carbons (Fsp3) is 0.526. The van der Waals surface area contributed by atoms with E-state index in [1.807, 2.05) is 23.9 Å². The molecule has 0 bridgehead atoms. The van der Waals surface area contributed by atoms with E-state index >= 15 is 0 Å². The second-order valence-electron chi connectivity index (χ2n) is 7.57. The molecule has 0 aromatic carbocycles. The van der Waals surface area contributed by atoms with Crippen LogP contribution in [-0.2, 0) is 6.42 Å². The van der Waals surface area contributed by atoms with Crippen molar-refractivity contribution in [2.75, 3.05) is 7.05 Å². The molecule has 2 N–H and O–H groups in total. The lowest BCUT2D eigenvalue weighted by Crippen LogP contribution is -2.22. The second kappa shape index (κ2) is 6.75. The van der Waals surface area contributed by atoms with Gasteiger partial charge < -0.3 is 5.73 Å². The van der Waals surface area contributed by atoms with Crippen LogP contribution in [0.4, 0.5) is 0 Å². The maximum absolute atomic E-state index is 6.43. The Labute approximate surface area is 158 Å². The summed E-state index contributed by atoms with van der Waals surface area (Å²) in [5.74, 6) is 2.49. The Morgan fingerprint density at radius 2 is 2.15 bits per heavy atom. The van der Waals surface area contributed by atoms with Crippen LogP contribution in [0.3, 0.4) is 0 Å². The number of hydrogen-bond donors (Lipinski definition) is 1. The van der Waals surface area contributed by atoms with Crippen molar-refractivity contribution in [1.29, 1.82) is 0 Å². The first-order valence-corrected chi connectivity index (χ1v) is 9.45. The average molecular weight is 366 g/mol.